The van der Waals surface area contributed by atoms with Gasteiger partial charge in [0.2, 0.25) is 0 Å². The lowest BCUT2D eigenvalue weighted by Crippen LogP contribution is -2.43. The Bertz CT molecular complexity index is 205. The van der Waals surface area contributed by atoms with Crippen molar-refractivity contribution in [3.63, 3.8) is 0 Å². The van der Waals surface area contributed by atoms with Crippen molar-refractivity contribution in [2.24, 2.45) is 0 Å². The van der Waals surface area contributed by atoms with Gasteiger partial charge in [0.15, 0.2) is 0 Å². The highest BCUT2D eigenvalue weighted by Crippen LogP contribution is 2.02. The van der Waals surface area contributed by atoms with E-state index in [9.17, 15) is 4.79 Å². The van der Waals surface area contributed by atoms with Crippen LogP contribution in [0.2, 0.25) is 0 Å². The van der Waals surface area contributed by atoms with Crippen LogP contribution in [0, 0.1) is 0 Å². The number of carbonyl (C=O) groups excluding carboxylic acids is 1. The van der Waals surface area contributed by atoms with Crippen molar-refractivity contribution in [1.29, 1.82) is 0 Å². The fourth-order valence-electron chi connectivity index (χ4n) is 1.83. The number of carbonyl (C=O) groups is 1. The highest BCUT2D eigenvalue weighted by molar-refractivity contribution is 5.75. The van der Waals surface area contributed by atoms with Gasteiger partial charge >= 0.3 is 5.97 Å². The fraction of sp³-hybridized carbons (Fsp3) is 0.909. The van der Waals surface area contributed by atoms with E-state index in [1.807, 2.05) is 6.92 Å². The predicted octanol–water partition coefficient (Wildman–Crippen LogP) is -0.140. The van der Waals surface area contributed by atoms with Crippen molar-refractivity contribution in [2.75, 3.05) is 46.5 Å². The Hall–Kier alpha value is -0.650. The van der Waals surface area contributed by atoms with E-state index in [-0.39, 0.29) is 12.0 Å². The van der Waals surface area contributed by atoms with Gasteiger partial charge in [0.25, 0.3) is 0 Å². The molecule has 0 aromatic rings. The van der Waals surface area contributed by atoms with Crippen molar-refractivity contribution in [1.82, 2.24) is 10.2 Å². The summed E-state index contributed by atoms with van der Waals surface area (Å²) in [6.07, 6.45) is 0.792. The first-order chi connectivity index (χ1) is 7.77. The van der Waals surface area contributed by atoms with Crippen LogP contribution in [-0.4, -0.2) is 63.4 Å². The fourth-order valence-corrected chi connectivity index (χ4v) is 1.83. The van der Waals surface area contributed by atoms with Gasteiger partial charge in [-0.25, -0.2) is 0 Å². The third-order valence-corrected chi connectivity index (χ3v) is 2.77. The van der Waals surface area contributed by atoms with Crippen molar-refractivity contribution in [3.05, 3.63) is 0 Å². The second kappa shape index (κ2) is 7.60. The molecule has 1 fully saturated rings. The summed E-state index contributed by atoms with van der Waals surface area (Å²) in [7, 11) is 1.43. The molecule has 1 rings (SSSR count). The van der Waals surface area contributed by atoms with E-state index in [0.717, 1.165) is 45.8 Å². The summed E-state index contributed by atoms with van der Waals surface area (Å²) < 4.78 is 10.0. The number of hydrogen-bond donors (Lipinski definition) is 1. The van der Waals surface area contributed by atoms with E-state index in [1.54, 1.807) is 0 Å². The number of ether oxygens (including phenoxy) is 2. The molecule has 0 aromatic carbocycles. The van der Waals surface area contributed by atoms with Crippen LogP contribution in [0.5, 0.6) is 0 Å². The first-order valence-electron chi connectivity index (χ1n) is 5.89. The lowest BCUT2D eigenvalue weighted by molar-refractivity contribution is -0.143. The number of esters is 1. The Balaban J connectivity index is 2.27. The molecule has 94 valence electrons. The zero-order valence-electron chi connectivity index (χ0n) is 10.2. The molecule has 1 saturated heterocycles. The van der Waals surface area contributed by atoms with E-state index in [1.165, 1.54) is 7.11 Å². The molecule has 0 amide bonds. The van der Waals surface area contributed by atoms with Crippen LogP contribution in [0.25, 0.3) is 0 Å². The topological polar surface area (TPSA) is 50.8 Å². The quantitative estimate of drug-likeness (QED) is 0.644. The summed E-state index contributed by atoms with van der Waals surface area (Å²) in [6, 6.07) is -0.183. The Morgan fingerprint density at radius 2 is 2.19 bits per heavy atom. The van der Waals surface area contributed by atoms with Crippen LogP contribution >= 0.6 is 0 Å². The molecule has 0 spiro atoms. The molecule has 0 aromatic heterocycles. The van der Waals surface area contributed by atoms with Crippen molar-refractivity contribution < 1.29 is 14.3 Å². The van der Waals surface area contributed by atoms with Crippen LogP contribution in [0.15, 0.2) is 0 Å². The van der Waals surface area contributed by atoms with Crippen molar-refractivity contribution in [3.8, 4) is 0 Å². The average Bonchev–Trinajstić information content (AvgIpc) is 2.34. The number of hydrogen-bond acceptors (Lipinski definition) is 5. The predicted molar refractivity (Wildman–Crippen MR) is 61.4 cm³/mol. The normalized spacial score (nSPS) is 19.4. The molecule has 1 unspecified atom stereocenters. The van der Waals surface area contributed by atoms with Crippen LogP contribution in [0.4, 0.5) is 0 Å². The van der Waals surface area contributed by atoms with Gasteiger partial charge in [-0.3, -0.25) is 9.69 Å². The molecule has 0 bridgehead atoms. The number of rotatable bonds is 6. The molecule has 0 saturated carbocycles. The van der Waals surface area contributed by atoms with Crippen LogP contribution in [0.1, 0.15) is 13.3 Å². The molecule has 5 nitrogen and oxygen atoms in total. The van der Waals surface area contributed by atoms with Gasteiger partial charge in [0.1, 0.15) is 6.04 Å². The SMILES string of the molecule is CCNC(CCN1CCOCC1)C(=O)OC. The lowest BCUT2D eigenvalue weighted by atomic mass is 10.2. The molecular formula is C11H22N2O3. The molecule has 1 aliphatic heterocycles. The molecule has 1 atom stereocenters. The molecule has 0 aliphatic carbocycles. The highest BCUT2D eigenvalue weighted by Gasteiger charge is 2.19. The van der Waals surface area contributed by atoms with Crippen molar-refractivity contribution in [2.45, 2.75) is 19.4 Å². The Morgan fingerprint density at radius 3 is 2.75 bits per heavy atom. The largest absolute Gasteiger partial charge is 0.468 e. The maximum absolute atomic E-state index is 11.4. The van der Waals surface area contributed by atoms with E-state index < -0.39 is 0 Å². The van der Waals surface area contributed by atoms with Gasteiger partial charge in [-0.05, 0) is 13.0 Å². The second-order valence-corrected chi connectivity index (χ2v) is 3.88. The van der Waals surface area contributed by atoms with Crippen LogP contribution < -0.4 is 5.32 Å². The van der Waals surface area contributed by atoms with Crippen LogP contribution in [-0.2, 0) is 14.3 Å². The zero-order chi connectivity index (χ0) is 11.8. The summed E-state index contributed by atoms with van der Waals surface area (Å²) in [5.41, 5.74) is 0. The Labute approximate surface area is 97.1 Å². The summed E-state index contributed by atoms with van der Waals surface area (Å²) >= 11 is 0. The Morgan fingerprint density at radius 1 is 1.50 bits per heavy atom. The summed E-state index contributed by atoms with van der Waals surface area (Å²) in [5.74, 6) is -0.171. The van der Waals surface area contributed by atoms with Gasteiger partial charge < -0.3 is 14.8 Å². The van der Waals surface area contributed by atoms with E-state index >= 15 is 0 Å². The molecule has 5 heteroatoms. The van der Waals surface area contributed by atoms with Gasteiger partial charge in [-0.15, -0.1) is 0 Å². The standard InChI is InChI=1S/C11H22N2O3/c1-3-12-10(11(14)15-2)4-5-13-6-8-16-9-7-13/h10,12H,3-9H2,1-2H3. The third-order valence-electron chi connectivity index (χ3n) is 2.77. The van der Waals surface area contributed by atoms with E-state index in [4.69, 9.17) is 9.47 Å². The molecule has 1 N–H and O–H groups in total. The molecule has 16 heavy (non-hydrogen) atoms. The number of nitrogens with zero attached hydrogens (tertiary/aromatic N) is 1. The molecular weight excluding hydrogens is 208 g/mol. The zero-order valence-corrected chi connectivity index (χ0v) is 10.2. The highest BCUT2D eigenvalue weighted by atomic mass is 16.5. The van der Waals surface area contributed by atoms with Crippen LogP contribution in [0.3, 0.4) is 0 Å². The van der Waals surface area contributed by atoms with Gasteiger partial charge in [0, 0.05) is 19.6 Å². The second-order valence-electron chi connectivity index (χ2n) is 3.88. The lowest BCUT2D eigenvalue weighted by Gasteiger charge is -2.27. The summed E-state index contributed by atoms with van der Waals surface area (Å²) in [5, 5.41) is 3.14. The minimum atomic E-state index is -0.183. The number of morpholine rings is 1. The summed E-state index contributed by atoms with van der Waals surface area (Å²) in [4.78, 5) is 13.8. The molecule has 0 radical (unpaired) electrons. The number of nitrogens with one attached hydrogen (secondary N) is 1. The maximum Gasteiger partial charge on any atom is 0.322 e. The molecule has 1 aliphatic rings. The number of methoxy groups -OCH3 is 1. The maximum atomic E-state index is 11.4. The van der Waals surface area contributed by atoms with Crippen molar-refractivity contribution >= 4 is 5.97 Å². The molecule has 1 heterocycles. The number of likely N-dealkylation sites (N-methyl/N-ethyl adjacent to an activating group) is 1. The third kappa shape index (κ3) is 4.47. The Kier molecular flexibility index (Phi) is 6.37. The first-order valence-corrected chi connectivity index (χ1v) is 5.89. The first kappa shape index (κ1) is 13.4. The minimum Gasteiger partial charge on any atom is -0.468 e. The summed E-state index contributed by atoms with van der Waals surface area (Å²) in [6.45, 7) is 7.19. The van der Waals surface area contributed by atoms with E-state index in [2.05, 4.69) is 10.2 Å². The smallest absolute Gasteiger partial charge is 0.322 e. The average molecular weight is 230 g/mol. The van der Waals surface area contributed by atoms with Gasteiger partial charge in [-0.1, -0.05) is 6.92 Å². The van der Waals surface area contributed by atoms with E-state index in [0.29, 0.717) is 0 Å². The van der Waals surface area contributed by atoms with Gasteiger partial charge in [0.05, 0.1) is 20.3 Å². The monoisotopic (exact) mass is 230 g/mol. The minimum absolute atomic E-state index is 0.171. The van der Waals surface area contributed by atoms with Gasteiger partial charge in [-0.2, -0.15) is 0 Å².